The van der Waals surface area contributed by atoms with E-state index in [2.05, 4.69) is 56.9 Å². The monoisotopic (exact) mass is 288 g/mol. The first-order chi connectivity index (χ1) is 9.99. The molecule has 2 heteroatoms. The Morgan fingerprint density at radius 1 is 1.19 bits per heavy atom. The summed E-state index contributed by atoms with van der Waals surface area (Å²) in [5, 5.41) is 0. The van der Waals surface area contributed by atoms with Gasteiger partial charge < -0.3 is 5.73 Å². The van der Waals surface area contributed by atoms with Gasteiger partial charge in [-0.05, 0) is 38.2 Å². The maximum Gasteiger partial charge on any atom is 0.0499 e. The minimum Gasteiger partial charge on any atom is -0.326 e. The summed E-state index contributed by atoms with van der Waals surface area (Å²) in [6.45, 7) is 10.1. The van der Waals surface area contributed by atoms with Crippen molar-refractivity contribution >= 4 is 0 Å². The molecule has 2 nitrogen and oxygen atoms in total. The van der Waals surface area contributed by atoms with E-state index in [0.29, 0.717) is 18.0 Å². The fraction of sp³-hybridized carbons (Fsp3) is 0.684. The molecule has 1 aromatic carbocycles. The minimum absolute atomic E-state index is 0.158. The summed E-state index contributed by atoms with van der Waals surface area (Å²) < 4.78 is 0. The van der Waals surface area contributed by atoms with Gasteiger partial charge in [0.25, 0.3) is 0 Å². The lowest BCUT2D eigenvalue weighted by molar-refractivity contribution is 0.104. The molecule has 1 saturated carbocycles. The normalized spacial score (nSPS) is 19.4. The molecule has 0 saturated heterocycles. The number of rotatable bonds is 6. The van der Waals surface area contributed by atoms with Crippen LogP contribution in [0, 0.1) is 12.8 Å². The summed E-state index contributed by atoms with van der Waals surface area (Å²) in [6.07, 6.45) is 5.42. The van der Waals surface area contributed by atoms with Gasteiger partial charge in [0.05, 0.1) is 0 Å². The number of nitrogens with zero attached hydrogens (tertiary/aromatic N) is 1. The average Bonchev–Trinajstić information content (AvgIpc) is 2.90. The second kappa shape index (κ2) is 7.42. The highest BCUT2D eigenvalue weighted by atomic mass is 15.2. The smallest absolute Gasteiger partial charge is 0.0499 e. The van der Waals surface area contributed by atoms with Crippen molar-refractivity contribution in [1.29, 1.82) is 0 Å². The summed E-state index contributed by atoms with van der Waals surface area (Å²) in [5.74, 6) is 0.677. The van der Waals surface area contributed by atoms with E-state index in [1.807, 2.05) is 0 Å². The molecule has 0 amide bonds. The zero-order valence-corrected chi connectivity index (χ0v) is 14.2. The first-order valence-corrected chi connectivity index (χ1v) is 8.57. The molecule has 2 rings (SSSR count). The van der Waals surface area contributed by atoms with Crippen LogP contribution in [0.2, 0.25) is 0 Å². The zero-order chi connectivity index (χ0) is 15.4. The second-order valence-corrected chi connectivity index (χ2v) is 7.25. The third-order valence-electron chi connectivity index (χ3n) is 4.61. The van der Waals surface area contributed by atoms with Gasteiger partial charge in [-0.15, -0.1) is 0 Å². The lowest BCUT2D eigenvalue weighted by Gasteiger charge is -2.40. The lowest BCUT2D eigenvalue weighted by Crippen LogP contribution is -2.46. The van der Waals surface area contributed by atoms with E-state index in [4.69, 9.17) is 5.73 Å². The van der Waals surface area contributed by atoms with Gasteiger partial charge in [0.1, 0.15) is 0 Å². The average molecular weight is 288 g/mol. The third-order valence-corrected chi connectivity index (χ3v) is 4.61. The van der Waals surface area contributed by atoms with Gasteiger partial charge in [0, 0.05) is 24.7 Å². The molecule has 1 aromatic rings. The number of benzene rings is 1. The van der Waals surface area contributed by atoms with Crippen molar-refractivity contribution in [2.24, 2.45) is 11.7 Å². The molecular formula is C19H32N2. The molecule has 0 aliphatic heterocycles. The molecule has 2 N–H and O–H groups in total. The number of aryl methyl sites for hydroxylation is 1. The Morgan fingerprint density at radius 3 is 2.38 bits per heavy atom. The highest BCUT2D eigenvalue weighted by Crippen LogP contribution is 2.33. The van der Waals surface area contributed by atoms with Crippen LogP contribution >= 0.6 is 0 Å². The van der Waals surface area contributed by atoms with Crippen molar-refractivity contribution in [2.75, 3.05) is 6.54 Å². The standard InChI is InChI=1S/C19H32N2/c1-14(2)13-21(18-10-5-6-11-18)19(16(4)20)17-9-7-8-15(3)12-17/h7-9,12,14,16,18-19H,5-6,10-11,13,20H2,1-4H3. The van der Waals surface area contributed by atoms with Crippen LogP contribution in [0.15, 0.2) is 24.3 Å². The SMILES string of the molecule is Cc1cccc(C(C(C)N)N(CC(C)C)C2CCCC2)c1. The first-order valence-electron chi connectivity index (χ1n) is 8.57. The molecule has 2 unspecified atom stereocenters. The highest BCUT2D eigenvalue weighted by Gasteiger charge is 2.32. The molecule has 21 heavy (non-hydrogen) atoms. The molecule has 0 bridgehead atoms. The van der Waals surface area contributed by atoms with Crippen LogP contribution in [0.1, 0.15) is 63.6 Å². The third kappa shape index (κ3) is 4.31. The van der Waals surface area contributed by atoms with E-state index >= 15 is 0 Å². The summed E-state index contributed by atoms with van der Waals surface area (Å²) in [5.41, 5.74) is 9.14. The molecule has 0 heterocycles. The Bertz CT molecular complexity index is 433. The van der Waals surface area contributed by atoms with Crippen LogP contribution in [-0.2, 0) is 0 Å². The summed E-state index contributed by atoms with van der Waals surface area (Å²) in [6, 6.07) is 10.1. The van der Waals surface area contributed by atoms with Gasteiger partial charge in [-0.1, -0.05) is 56.5 Å². The van der Waals surface area contributed by atoms with Crippen molar-refractivity contribution in [3.8, 4) is 0 Å². The highest BCUT2D eigenvalue weighted by molar-refractivity contribution is 5.26. The van der Waals surface area contributed by atoms with Crippen molar-refractivity contribution in [3.63, 3.8) is 0 Å². The van der Waals surface area contributed by atoms with Crippen molar-refractivity contribution in [3.05, 3.63) is 35.4 Å². The molecule has 1 aliphatic carbocycles. The van der Waals surface area contributed by atoms with Crippen LogP contribution in [0.4, 0.5) is 0 Å². The Labute approximate surface area is 130 Å². The van der Waals surface area contributed by atoms with Crippen LogP contribution in [0.3, 0.4) is 0 Å². The molecule has 1 fully saturated rings. The van der Waals surface area contributed by atoms with Crippen LogP contribution in [0.25, 0.3) is 0 Å². The van der Waals surface area contributed by atoms with E-state index in [0.717, 1.165) is 6.54 Å². The Kier molecular flexibility index (Phi) is 5.83. The van der Waals surface area contributed by atoms with E-state index in [1.54, 1.807) is 0 Å². The predicted octanol–water partition coefficient (Wildman–Crippen LogP) is 4.28. The largest absolute Gasteiger partial charge is 0.326 e. The summed E-state index contributed by atoms with van der Waals surface area (Å²) in [7, 11) is 0. The topological polar surface area (TPSA) is 29.3 Å². The van der Waals surface area contributed by atoms with Crippen LogP contribution in [0.5, 0.6) is 0 Å². The van der Waals surface area contributed by atoms with Gasteiger partial charge in [0.2, 0.25) is 0 Å². The van der Waals surface area contributed by atoms with E-state index in [-0.39, 0.29) is 6.04 Å². The van der Waals surface area contributed by atoms with E-state index in [1.165, 1.54) is 36.8 Å². The number of hydrogen-bond acceptors (Lipinski definition) is 2. The second-order valence-electron chi connectivity index (χ2n) is 7.25. The summed E-state index contributed by atoms with van der Waals surface area (Å²) >= 11 is 0. The predicted molar refractivity (Wildman–Crippen MR) is 91.4 cm³/mol. The lowest BCUT2D eigenvalue weighted by atomic mass is 9.94. The molecule has 0 radical (unpaired) electrons. The Morgan fingerprint density at radius 2 is 1.86 bits per heavy atom. The van der Waals surface area contributed by atoms with E-state index in [9.17, 15) is 0 Å². The molecule has 2 atom stereocenters. The molecule has 118 valence electrons. The van der Waals surface area contributed by atoms with E-state index < -0.39 is 0 Å². The Balaban J connectivity index is 2.31. The van der Waals surface area contributed by atoms with Gasteiger partial charge in [0.15, 0.2) is 0 Å². The first kappa shape index (κ1) is 16.5. The van der Waals surface area contributed by atoms with Gasteiger partial charge in [-0.2, -0.15) is 0 Å². The molecular weight excluding hydrogens is 256 g/mol. The quantitative estimate of drug-likeness (QED) is 0.846. The fourth-order valence-electron chi connectivity index (χ4n) is 3.80. The minimum atomic E-state index is 0.158. The maximum absolute atomic E-state index is 6.42. The van der Waals surface area contributed by atoms with Gasteiger partial charge >= 0.3 is 0 Å². The number of nitrogens with two attached hydrogens (primary N) is 1. The van der Waals surface area contributed by atoms with Crippen molar-refractivity contribution in [2.45, 2.75) is 71.5 Å². The van der Waals surface area contributed by atoms with Crippen molar-refractivity contribution < 1.29 is 0 Å². The van der Waals surface area contributed by atoms with Crippen LogP contribution in [-0.4, -0.2) is 23.5 Å². The van der Waals surface area contributed by atoms with Crippen molar-refractivity contribution in [1.82, 2.24) is 4.90 Å². The maximum atomic E-state index is 6.42. The van der Waals surface area contributed by atoms with Gasteiger partial charge in [-0.25, -0.2) is 0 Å². The molecule has 0 spiro atoms. The zero-order valence-electron chi connectivity index (χ0n) is 14.2. The molecule has 1 aliphatic rings. The number of hydrogen-bond donors (Lipinski definition) is 1. The fourth-order valence-corrected chi connectivity index (χ4v) is 3.80. The van der Waals surface area contributed by atoms with Crippen LogP contribution < -0.4 is 5.73 Å². The molecule has 0 aromatic heterocycles. The van der Waals surface area contributed by atoms with Gasteiger partial charge in [-0.3, -0.25) is 4.90 Å². The Hall–Kier alpha value is -0.860. The summed E-state index contributed by atoms with van der Waals surface area (Å²) in [4.78, 5) is 2.71.